The first-order chi connectivity index (χ1) is 11.8. The van der Waals surface area contributed by atoms with E-state index in [9.17, 15) is 18.0 Å². The summed E-state index contributed by atoms with van der Waals surface area (Å²) in [6.45, 7) is 1.64. The Morgan fingerprint density at radius 3 is 2.60 bits per heavy atom. The number of halogens is 3. The van der Waals surface area contributed by atoms with E-state index in [1.54, 1.807) is 38.2 Å². The van der Waals surface area contributed by atoms with Crippen LogP contribution in [0, 0.1) is 0 Å². The van der Waals surface area contributed by atoms with Gasteiger partial charge in [-0.15, -0.1) is 0 Å². The zero-order valence-corrected chi connectivity index (χ0v) is 13.6. The lowest BCUT2D eigenvalue weighted by Gasteiger charge is -2.16. The Labute approximate surface area is 142 Å². The fourth-order valence-electron chi connectivity index (χ4n) is 2.75. The van der Waals surface area contributed by atoms with Gasteiger partial charge in [0.2, 0.25) is 0 Å². The summed E-state index contributed by atoms with van der Waals surface area (Å²) in [6.07, 6.45) is -4.42. The van der Waals surface area contributed by atoms with Crippen LogP contribution >= 0.6 is 0 Å². The number of nitrogens with one attached hydrogen (secondary N) is 1. The molecular weight excluding hydrogens is 331 g/mol. The molecule has 3 rings (SSSR count). The van der Waals surface area contributed by atoms with E-state index in [0.29, 0.717) is 22.2 Å². The molecule has 25 heavy (non-hydrogen) atoms. The SMILES string of the molecule is CC(NC(=O)c1c2ccccc2nn1C)c1cccc(C(F)(F)F)c1. The van der Waals surface area contributed by atoms with Crippen LogP contribution in [0.3, 0.4) is 0 Å². The summed E-state index contributed by atoms with van der Waals surface area (Å²) in [4.78, 5) is 12.6. The number of rotatable bonds is 3. The molecule has 1 amide bonds. The van der Waals surface area contributed by atoms with Crippen LogP contribution in [0.2, 0.25) is 0 Å². The van der Waals surface area contributed by atoms with Crippen LogP contribution in [0.5, 0.6) is 0 Å². The number of nitrogens with zero attached hydrogens (tertiary/aromatic N) is 2. The average Bonchev–Trinajstić information content (AvgIpc) is 2.90. The Morgan fingerprint density at radius 1 is 1.16 bits per heavy atom. The minimum Gasteiger partial charge on any atom is -0.344 e. The third-order valence-electron chi connectivity index (χ3n) is 4.02. The highest BCUT2D eigenvalue weighted by atomic mass is 19.4. The number of carbonyl (C=O) groups is 1. The Hall–Kier alpha value is -2.83. The molecule has 0 bridgehead atoms. The van der Waals surface area contributed by atoms with Crippen molar-refractivity contribution in [1.82, 2.24) is 15.1 Å². The van der Waals surface area contributed by atoms with E-state index in [0.717, 1.165) is 12.1 Å². The fourth-order valence-corrected chi connectivity index (χ4v) is 2.75. The van der Waals surface area contributed by atoms with Gasteiger partial charge in [-0.2, -0.15) is 18.3 Å². The zero-order chi connectivity index (χ0) is 18.2. The van der Waals surface area contributed by atoms with Gasteiger partial charge in [-0.1, -0.05) is 30.3 Å². The molecule has 0 saturated carbocycles. The summed E-state index contributed by atoms with van der Waals surface area (Å²) < 4.78 is 40.0. The van der Waals surface area contributed by atoms with Gasteiger partial charge < -0.3 is 5.32 Å². The number of fused-ring (bicyclic) bond motifs is 1. The van der Waals surface area contributed by atoms with Crippen LogP contribution in [-0.2, 0) is 13.2 Å². The van der Waals surface area contributed by atoms with Gasteiger partial charge in [0.15, 0.2) is 0 Å². The third kappa shape index (κ3) is 3.35. The van der Waals surface area contributed by atoms with Crippen LogP contribution in [-0.4, -0.2) is 15.7 Å². The van der Waals surface area contributed by atoms with E-state index in [2.05, 4.69) is 10.4 Å². The number of aromatic nitrogens is 2. The molecule has 2 aromatic carbocycles. The van der Waals surface area contributed by atoms with Crippen molar-refractivity contribution in [3.8, 4) is 0 Å². The summed E-state index contributed by atoms with van der Waals surface area (Å²) in [5, 5.41) is 7.70. The van der Waals surface area contributed by atoms with Crippen molar-refractivity contribution in [3.63, 3.8) is 0 Å². The lowest BCUT2D eigenvalue weighted by Crippen LogP contribution is -2.28. The summed E-state index contributed by atoms with van der Waals surface area (Å²) >= 11 is 0. The molecule has 1 atom stereocenters. The van der Waals surface area contributed by atoms with Gasteiger partial charge in [0.05, 0.1) is 17.1 Å². The lowest BCUT2D eigenvalue weighted by atomic mass is 10.0. The maximum Gasteiger partial charge on any atom is 0.416 e. The van der Waals surface area contributed by atoms with E-state index >= 15 is 0 Å². The predicted molar refractivity (Wildman–Crippen MR) is 88.0 cm³/mol. The Balaban J connectivity index is 1.87. The van der Waals surface area contributed by atoms with Crippen LogP contribution in [0.4, 0.5) is 13.2 Å². The predicted octanol–water partition coefficient (Wildman–Crippen LogP) is 4.08. The Bertz CT molecular complexity index is 931. The maximum absolute atomic E-state index is 12.8. The average molecular weight is 347 g/mol. The molecule has 1 aromatic heterocycles. The van der Waals surface area contributed by atoms with Gasteiger partial charge in [0, 0.05) is 12.4 Å². The van der Waals surface area contributed by atoms with Crippen molar-refractivity contribution in [1.29, 1.82) is 0 Å². The molecule has 0 aliphatic carbocycles. The molecule has 0 spiro atoms. The van der Waals surface area contributed by atoms with Crippen LogP contribution in [0.25, 0.3) is 10.9 Å². The molecule has 0 saturated heterocycles. The van der Waals surface area contributed by atoms with Crippen LogP contribution in [0.15, 0.2) is 48.5 Å². The molecule has 4 nitrogen and oxygen atoms in total. The first kappa shape index (κ1) is 17.0. The molecule has 1 unspecified atom stereocenters. The molecule has 1 N–H and O–H groups in total. The van der Waals surface area contributed by atoms with Crippen molar-refractivity contribution in [3.05, 3.63) is 65.4 Å². The van der Waals surface area contributed by atoms with Gasteiger partial charge in [-0.25, -0.2) is 0 Å². The van der Waals surface area contributed by atoms with E-state index in [1.807, 2.05) is 6.07 Å². The standard InChI is InChI=1S/C18H16F3N3O/c1-11(12-6-5-7-13(10-12)18(19,20)21)22-17(25)16-14-8-3-4-9-15(14)23-24(16)2/h3-11H,1-2H3,(H,22,25). The second-order valence-corrected chi connectivity index (χ2v) is 5.81. The van der Waals surface area contributed by atoms with Crippen molar-refractivity contribution in [2.75, 3.05) is 0 Å². The van der Waals surface area contributed by atoms with E-state index in [1.165, 1.54) is 10.7 Å². The third-order valence-corrected chi connectivity index (χ3v) is 4.02. The van der Waals surface area contributed by atoms with Crippen molar-refractivity contribution in [2.24, 2.45) is 7.05 Å². The second kappa shape index (κ2) is 6.23. The van der Waals surface area contributed by atoms with E-state index in [-0.39, 0.29) is 5.91 Å². The molecule has 7 heteroatoms. The number of benzene rings is 2. The Morgan fingerprint density at radius 2 is 1.88 bits per heavy atom. The fraction of sp³-hybridized carbons (Fsp3) is 0.222. The first-order valence-corrected chi connectivity index (χ1v) is 7.67. The number of aryl methyl sites for hydroxylation is 1. The smallest absolute Gasteiger partial charge is 0.344 e. The Kier molecular flexibility index (Phi) is 4.24. The highest BCUT2D eigenvalue weighted by Crippen LogP contribution is 2.30. The second-order valence-electron chi connectivity index (χ2n) is 5.81. The molecule has 3 aromatic rings. The molecule has 0 aliphatic rings. The number of hydrogen-bond acceptors (Lipinski definition) is 2. The van der Waals surface area contributed by atoms with E-state index < -0.39 is 17.8 Å². The molecule has 0 aliphatic heterocycles. The first-order valence-electron chi connectivity index (χ1n) is 7.67. The summed E-state index contributed by atoms with van der Waals surface area (Å²) in [5.74, 6) is -0.388. The molecule has 0 radical (unpaired) electrons. The largest absolute Gasteiger partial charge is 0.416 e. The maximum atomic E-state index is 12.8. The lowest BCUT2D eigenvalue weighted by molar-refractivity contribution is -0.137. The monoisotopic (exact) mass is 347 g/mol. The number of carbonyl (C=O) groups excluding carboxylic acids is 1. The van der Waals surface area contributed by atoms with Crippen molar-refractivity contribution in [2.45, 2.75) is 19.1 Å². The van der Waals surface area contributed by atoms with E-state index in [4.69, 9.17) is 0 Å². The van der Waals surface area contributed by atoms with Gasteiger partial charge in [-0.05, 0) is 30.7 Å². The number of alkyl halides is 3. The van der Waals surface area contributed by atoms with Crippen molar-refractivity contribution < 1.29 is 18.0 Å². The normalized spacial score (nSPS) is 13.0. The van der Waals surface area contributed by atoms with Crippen LogP contribution in [0.1, 0.15) is 34.6 Å². The minimum absolute atomic E-state index is 0.370. The van der Waals surface area contributed by atoms with Crippen LogP contribution < -0.4 is 5.32 Å². The van der Waals surface area contributed by atoms with Crippen molar-refractivity contribution >= 4 is 16.8 Å². The highest BCUT2D eigenvalue weighted by molar-refractivity contribution is 6.05. The zero-order valence-electron chi connectivity index (χ0n) is 13.6. The molecule has 1 heterocycles. The van der Waals surface area contributed by atoms with Gasteiger partial charge in [0.1, 0.15) is 5.69 Å². The quantitative estimate of drug-likeness (QED) is 0.776. The summed E-state index contributed by atoms with van der Waals surface area (Å²) in [5.41, 5.74) is 0.697. The number of hydrogen-bond donors (Lipinski definition) is 1. The topological polar surface area (TPSA) is 46.9 Å². The highest BCUT2D eigenvalue weighted by Gasteiger charge is 2.31. The molecule has 130 valence electrons. The van der Waals surface area contributed by atoms with Gasteiger partial charge in [0.25, 0.3) is 5.91 Å². The summed E-state index contributed by atoms with van der Waals surface area (Å²) in [7, 11) is 1.66. The summed E-state index contributed by atoms with van der Waals surface area (Å²) in [6, 6.07) is 11.6. The van der Waals surface area contributed by atoms with Gasteiger partial charge >= 0.3 is 6.18 Å². The molecule has 0 fully saturated rings. The number of amides is 1. The molecular formula is C18H16F3N3O. The minimum atomic E-state index is -4.42. The van der Waals surface area contributed by atoms with Gasteiger partial charge in [-0.3, -0.25) is 9.48 Å².